The minimum absolute atomic E-state index is 0.906. The average Bonchev–Trinajstić information content (AvgIpc) is 2.74. The number of nitrogens with one attached hydrogen (secondary N) is 1. The van der Waals surface area contributed by atoms with Gasteiger partial charge in [0.1, 0.15) is 11.4 Å². The minimum atomic E-state index is 0.906. The van der Waals surface area contributed by atoms with E-state index in [2.05, 4.69) is 22.2 Å². The smallest absolute Gasteiger partial charge is 0.183 e. The molecule has 0 amide bonds. The Bertz CT molecular complexity index is 419. The SMILES string of the molecule is CCNc1nc(-c2csc(C)n2)cs1. The molecule has 0 unspecified atom stereocenters. The van der Waals surface area contributed by atoms with Gasteiger partial charge in [0.05, 0.1) is 5.01 Å². The highest BCUT2D eigenvalue weighted by Gasteiger charge is 2.06. The molecule has 0 atom stereocenters. The molecule has 2 aromatic rings. The van der Waals surface area contributed by atoms with Crippen LogP contribution in [0.15, 0.2) is 10.8 Å². The molecule has 0 fully saturated rings. The highest BCUT2D eigenvalue weighted by Crippen LogP contribution is 2.25. The fourth-order valence-electron chi connectivity index (χ4n) is 1.10. The molecule has 2 rings (SSSR count). The first-order valence-electron chi connectivity index (χ1n) is 4.41. The summed E-state index contributed by atoms with van der Waals surface area (Å²) in [6, 6.07) is 0. The number of hydrogen-bond acceptors (Lipinski definition) is 5. The monoisotopic (exact) mass is 225 g/mol. The molecule has 3 nitrogen and oxygen atoms in total. The van der Waals surface area contributed by atoms with Gasteiger partial charge in [-0.25, -0.2) is 9.97 Å². The number of aromatic nitrogens is 2. The van der Waals surface area contributed by atoms with Crippen molar-refractivity contribution in [2.45, 2.75) is 13.8 Å². The van der Waals surface area contributed by atoms with Crippen LogP contribution in [-0.4, -0.2) is 16.5 Å². The van der Waals surface area contributed by atoms with Crippen LogP contribution in [0.5, 0.6) is 0 Å². The van der Waals surface area contributed by atoms with E-state index in [1.807, 2.05) is 17.7 Å². The molecule has 0 radical (unpaired) electrons. The molecule has 0 saturated heterocycles. The third kappa shape index (κ3) is 1.93. The van der Waals surface area contributed by atoms with E-state index in [4.69, 9.17) is 0 Å². The van der Waals surface area contributed by atoms with E-state index in [9.17, 15) is 0 Å². The lowest BCUT2D eigenvalue weighted by molar-refractivity contribution is 1.18. The van der Waals surface area contributed by atoms with Crippen LogP contribution in [0, 0.1) is 6.92 Å². The Morgan fingerprint density at radius 1 is 1.21 bits per heavy atom. The van der Waals surface area contributed by atoms with Crippen molar-refractivity contribution in [3.8, 4) is 11.4 Å². The summed E-state index contributed by atoms with van der Waals surface area (Å²) in [5.74, 6) is 0. The number of hydrogen-bond donors (Lipinski definition) is 1. The molecule has 74 valence electrons. The maximum Gasteiger partial charge on any atom is 0.183 e. The molecule has 0 aliphatic rings. The lowest BCUT2D eigenvalue weighted by Crippen LogP contribution is -1.94. The average molecular weight is 225 g/mol. The van der Waals surface area contributed by atoms with Crippen molar-refractivity contribution >= 4 is 27.8 Å². The standard InChI is InChI=1S/C9H11N3S2/c1-3-10-9-12-8(5-14-9)7-4-13-6(2)11-7/h4-5H,3H2,1-2H3,(H,10,12). The summed E-state index contributed by atoms with van der Waals surface area (Å²) in [5, 5.41) is 9.31. The number of rotatable bonds is 3. The van der Waals surface area contributed by atoms with Crippen LogP contribution in [-0.2, 0) is 0 Å². The molecule has 0 spiro atoms. The molecular formula is C9H11N3S2. The zero-order valence-electron chi connectivity index (χ0n) is 8.07. The Hall–Kier alpha value is -0.940. The van der Waals surface area contributed by atoms with E-state index in [1.54, 1.807) is 22.7 Å². The van der Waals surface area contributed by atoms with Gasteiger partial charge in [0, 0.05) is 17.3 Å². The number of aryl methyl sites for hydroxylation is 1. The van der Waals surface area contributed by atoms with Gasteiger partial charge >= 0.3 is 0 Å². The van der Waals surface area contributed by atoms with Crippen LogP contribution in [0.25, 0.3) is 11.4 Å². The summed E-state index contributed by atoms with van der Waals surface area (Å²) in [5.41, 5.74) is 1.95. The lowest BCUT2D eigenvalue weighted by Gasteiger charge is -1.93. The zero-order chi connectivity index (χ0) is 9.97. The zero-order valence-corrected chi connectivity index (χ0v) is 9.71. The van der Waals surface area contributed by atoms with Gasteiger partial charge in [0.25, 0.3) is 0 Å². The lowest BCUT2D eigenvalue weighted by atomic mass is 10.4. The third-order valence-electron chi connectivity index (χ3n) is 1.71. The van der Waals surface area contributed by atoms with Crippen LogP contribution in [0.4, 0.5) is 5.13 Å². The highest BCUT2D eigenvalue weighted by molar-refractivity contribution is 7.14. The second-order valence-electron chi connectivity index (χ2n) is 2.82. The van der Waals surface area contributed by atoms with Gasteiger partial charge in [0.15, 0.2) is 5.13 Å². The van der Waals surface area contributed by atoms with Crippen molar-refractivity contribution in [3.63, 3.8) is 0 Å². The normalized spacial score (nSPS) is 10.4. The molecule has 0 aliphatic carbocycles. The van der Waals surface area contributed by atoms with E-state index in [0.29, 0.717) is 0 Å². The Labute approximate surface area is 90.9 Å². The maximum absolute atomic E-state index is 4.44. The van der Waals surface area contributed by atoms with Crippen molar-refractivity contribution in [2.24, 2.45) is 0 Å². The highest BCUT2D eigenvalue weighted by atomic mass is 32.1. The summed E-state index contributed by atoms with van der Waals surface area (Å²) in [4.78, 5) is 8.82. The molecule has 0 bridgehead atoms. The Kier molecular flexibility index (Phi) is 2.79. The maximum atomic E-state index is 4.44. The fourth-order valence-corrected chi connectivity index (χ4v) is 2.49. The second-order valence-corrected chi connectivity index (χ2v) is 4.74. The molecule has 5 heteroatoms. The first-order chi connectivity index (χ1) is 6.79. The van der Waals surface area contributed by atoms with Gasteiger partial charge in [-0.05, 0) is 13.8 Å². The van der Waals surface area contributed by atoms with Crippen molar-refractivity contribution in [1.29, 1.82) is 0 Å². The summed E-state index contributed by atoms with van der Waals surface area (Å²) in [7, 11) is 0. The topological polar surface area (TPSA) is 37.8 Å². The van der Waals surface area contributed by atoms with Crippen LogP contribution in [0.2, 0.25) is 0 Å². The Balaban J connectivity index is 2.24. The second kappa shape index (κ2) is 4.06. The number of anilines is 1. The van der Waals surface area contributed by atoms with Crippen molar-refractivity contribution in [3.05, 3.63) is 15.8 Å². The Morgan fingerprint density at radius 2 is 1.93 bits per heavy atom. The van der Waals surface area contributed by atoms with Crippen LogP contribution in [0.3, 0.4) is 0 Å². The van der Waals surface area contributed by atoms with Gasteiger partial charge in [-0.2, -0.15) is 0 Å². The molecule has 2 heterocycles. The van der Waals surface area contributed by atoms with Crippen molar-refractivity contribution in [1.82, 2.24) is 9.97 Å². The quantitative estimate of drug-likeness (QED) is 0.872. The van der Waals surface area contributed by atoms with Crippen molar-refractivity contribution in [2.75, 3.05) is 11.9 Å². The molecule has 0 saturated carbocycles. The van der Waals surface area contributed by atoms with E-state index < -0.39 is 0 Å². The van der Waals surface area contributed by atoms with Gasteiger partial charge in [-0.3, -0.25) is 0 Å². The van der Waals surface area contributed by atoms with E-state index >= 15 is 0 Å². The van der Waals surface area contributed by atoms with Gasteiger partial charge < -0.3 is 5.32 Å². The van der Waals surface area contributed by atoms with E-state index in [-0.39, 0.29) is 0 Å². The van der Waals surface area contributed by atoms with Gasteiger partial charge in [-0.1, -0.05) is 0 Å². The van der Waals surface area contributed by atoms with Crippen LogP contribution >= 0.6 is 22.7 Å². The van der Waals surface area contributed by atoms with Crippen molar-refractivity contribution < 1.29 is 0 Å². The fraction of sp³-hybridized carbons (Fsp3) is 0.333. The molecule has 0 aromatic carbocycles. The minimum Gasteiger partial charge on any atom is -0.362 e. The predicted molar refractivity (Wildman–Crippen MR) is 62.1 cm³/mol. The molecular weight excluding hydrogens is 214 g/mol. The van der Waals surface area contributed by atoms with Gasteiger partial charge in [-0.15, -0.1) is 22.7 Å². The summed E-state index contributed by atoms with van der Waals surface area (Å²) in [6.07, 6.45) is 0. The summed E-state index contributed by atoms with van der Waals surface area (Å²) in [6.45, 7) is 4.98. The van der Waals surface area contributed by atoms with E-state index in [1.165, 1.54) is 0 Å². The van der Waals surface area contributed by atoms with Crippen LogP contribution < -0.4 is 5.32 Å². The number of thiazole rings is 2. The predicted octanol–water partition coefficient (Wildman–Crippen LogP) is 3.01. The first-order valence-corrected chi connectivity index (χ1v) is 6.17. The molecule has 0 aliphatic heterocycles. The molecule has 1 N–H and O–H groups in total. The first kappa shape index (κ1) is 9.61. The van der Waals surface area contributed by atoms with Crippen LogP contribution in [0.1, 0.15) is 11.9 Å². The largest absolute Gasteiger partial charge is 0.362 e. The summed E-state index contributed by atoms with van der Waals surface area (Å²) >= 11 is 3.28. The molecule has 14 heavy (non-hydrogen) atoms. The Morgan fingerprint density at radius 3 is 2.57 bits per heavy atom. The van der Waals surface area contributed by atoms with E-state index in [0.717, 1.165) is 28.1 Å². The summed E-state index contributed by atoms with van der Waals surface area (Å²) < 4.78 is 0. The number of nitrogens with zero attached hydrogens (tertiary/aromatic N) is 2. The third-order valence-corrected chi connectivity index (χ3v) is 3.29. The molecule has 2 aromatic heterocycles. The van der Waals surface area contributed by atoms with Gasteiger partial charge in [0.2, 0.25) is 0 Å².